The van der Waals surface area contributed by atoms with E-state index in [-0.39, 0.29) is 5.41 Å². The number of rotatable bonds is 3. The molecule has 1 saturated carbocycles. The lowest BCUT2D eigenvalue weighted by atomic mass is 9.60. The first kappa shape index (κ1) is 12.5. The van der Waals surface area contributed by atoms with Gasteiger partial charge in [-0.25, -0.2) is 0 Å². The van der Waals surface area contributed by atoms with Crippen molar-refractivity contribution in [3.63, 3.8) is 0 Å². The van der Waals surface area contributed by atoms with E-state index < -0.39 is 0 Å². The molecular formula is C15H26. The first-order valence-corrected chi connectivity index (χ1v) is 6.19. The highest BCUT2D eigenvalue weighted by molar-refractivity contribution is 5.12. The maximum Gasteiger partial charge on any atom is -0.00838 e. The Kier molecular flexibility index (Phi) is 3.81. The standard InChI is InChI=1S/C15H26/c1-7-15(6)9-8-13(11(2)3)10-14(15)12(4)5/h7,11,13-14H,1,4,8-10H2,2-3,5-6H3/t13-,14+,15-/m1/s1. The van der Waals surface area contributed by atoms with E-state index in [9.17, 15) is 0 Å². The van der Waals surface area contributed by atoms with Crippen molar-refractivity contribution < 1.29 is 0 Å². The maximum absolute atomic E-state index is 4.17. The lowest BCUT2D eigenvalue weighted by Crippen LogP contribution is -2.34. The minimum atomic E-state index is 0.289. The Hall–Kier alpha value is -0.520. The van der Waals surface area contributed by atoms with E-state index in [4.69, 9.17) is 0 Å². The molecule has 0 heterocycles. The Morgan fingerprint density at radius 3 is 2.47 bits per heavy atom. The van der Waals surface area contributed by atoms with Crippen molar-refractivity contribution in [3.8, 4) is 0 Å². The largest absolute Gasteiger partial charge is 0.103 e. The second kappa shape index (κ2) is 4.55. The average molecular weight is 206 g/mol. The SMILES string of the molecule is C=C[C@]1(C)CC[C@@H](C(C)C)C[C@H]1C(=C)C. The lowest BCUT2D eigenvalue weighted by Gasteiger charge is -2.44. The molecule has 1 fully saturated rings. The fourth-order valence-electron chi connectivity index (χ4n) is 2.97. The van der Waals surface area contributed by atoms with Crippen molar-refractivity contribution in [2.24, 2.45) is 23.2 Å². The zero-order valence-corrected chi connectivity index (χ0v) is 10.8. The third kappa shape index (κ3) is 2.53. The van der Waals surface area contributed by atoms with Crippen LogP contribution in [0.25, 0.3) is 0 Å². The van der Waals surface area contributed by atoms with Crippen LogP contribution in [-0.4, -0.2) is 0 Å². The van der Waals surface area contributed by atoms with Gasteiger partial charge < -0.3 is 0 Å². The Bertz CT molecular complexity index is 249. The molecule has 0 spiro atoms. The molecule has 0 aromatic heterocycles. The molecule has 15 heavy (non-hydrogen) atoms. The van der Waals surface area contributed by atoms with Crippen molar-refractivity contribution >= 4 is 0 Å². The zero-order valence-electron chi connectivity index (χ0n) is 10.8. The van der Waals surface area contributed by atoms with Gasteiger partial charge >= 0.3 is 0 Å². The van der Waals surface area contributed by atoms with Crippen molar-refractivity contribution in [1.29, 1.82) is 0 Å². The van der Waals surface area contributed by atoms with Gasteiger partial charge in [-0.2, -0.15) is 0 Å². The molecule has 0 radical (unpaired) electrons. The Morgan fingerprint density at radius 1 is 1.47 bits per heavy atom. The molecule has 0 nitrogen and oxygen atoms in total. The summed E-state index contributed by atoms with van der Waals surface area (Å²) in [5, 5.41) is 0. The number of hydrogen-bond donors (Lipinski definition) is 0. The third-order valence-electron chi connectivity index (χ3n) is 4.39. The van der Waals surface area contributed by atoms with E-state index in [2.05, 4.69) is 46.9 Å². The highest BCUT2D eigenvalue weighted by atomic mass is 14.4. The minimum Gasteiger partial charge on any atom is -0.103 e. The van der Waals surface area contributed by atoms with Crippen LogP contribution in [0.3, 0.4) is 0 Å². The molecule has 1 rings (SSSR count). The molecule has 1 aliphatic rings. The van der Waals surface area contributed by atoms with Crippen LogP contribution in [0, 0.1) is 23.2 Å². The predicted molar refractivity (Wildman–Crippen MR) is 68.8 cm³/mol. The number of hydrogen-bond acceptors (Lipinski definition) is 0. The molecule has 0 aromatic rings. The molecule has 1 aliphatic carbocycles. The van der Waals surface area contributed by atoms with E-state index in [1.165, 1.54) is 24.8 Å². The molecule has 0 aromatic carbocycles. The molecule has 0 heteroatoms. The van der Waals surface area contributed by atoms with Gasteiger partial charge in [-0.15, -0.1) is 6.58 Å². The first-order chi connectivity index (χ1) is 6.90. The van der Waals surface area contributed by atoms with E-state index in [1.54, 1.807) is 0 Å². The molecular weight excluding hydrogens is 180 g/mol. The summed E-state index contributed by atoms with van der Waals surface area (Å²) >= 11 is 0. The Labute approximate surface area is 95.5 Å². The average Bonchev–Trinajstić information content (AvgIpc) is 2.17. The number of allylic oxidation sites excluding steroid dienone is 2. The fourth-order valence-corrected chi connectivity index (χ4v) is 2.97. The highest BCUT2D eigenvalue weighted by Crippen LogP contribution is 2.48. The highest BCUT2D eigenvalue weighted by Gasteiger charge is 2.38. The van der Waals surface area contributed by atoms with Gasteiger partial charge in [-0.05, 0) is 49.4 Å². The molecule has 86 valence electrons. The lowest BCUT2D eigenvalue weighted by molar-refractivity contribution is 0.127. The summed E-state index contributed by atoms with van der Waals surface area (Å²) in [6, 6.07) is 0. The first-order valence-electron chi connectivity index (χ1n) is 6.19. The van der Waals surface area contributed by atoms with Crippen LogP contribution < -0.4 is 0 Å². The van der Waals surface area contributed by atoms with Gasteiger partial charge in [0.15, 0.2) is 0 Å². The normalized spacial score (nSPS) is 36.6. The quantitative estimate of drug-likeness (QED) is 0.580. The van der Waals surface area contributed by atoms with Gasteiger partial charge in [0.25, 0.3) is 0 Å². The predicted octanol–water partition coefficient (Wildman–Crippen LogP) is 4.83. The van der Waals surface area contributed by atoms with Crippen LogP contribution in [0.2, 0.25) is 0 Å². The molecule has 0 bridgehead atoms. The van der Waals surface area contributed by atoms with E-state index in [0.717, 1.165) is 11.8 Å². The fraction of sp³-hybridized carbons (Fsp3) is 0.733. The summed E-state index contributed by atoms with van der Waals surface area (Å²) in [5.74, 6) is 2.32. The smallest absolute Gasteiger partial charge is 0.00838 e. The summed E-state index contributed by atoms with van der Waals surface area (Å²) in [4.78, 5) is 0. The van der Waals surface area contributed by atoms with Crippen LogP contribution in [0.1, 0.15) is 47.0 Å². The summed E-state index contributed by atoms with van der Waals surface area (Å²) in [7, 11) is 0. The van der Waals surface area contributed by atoms with Crippen molar-refractivity contribution in [1.82, 2.24) is 0 Å². The second-order valence-electron chi connectivity index (χ2n) is 5.89. The van der Waals surface area contributed by atoms with E-state index in [1.807, 2.05) is 0 Å². The van der Waals surface area contributed by atoms with Gasteiger partial charge in [0.1, 0.15) is 0 Å². The Balaban J connectivity index is 2.83. The third-order valence-corrected chi connectivity index (χ3v) is 4.39. The van der Waals surface area contributed by atoms with Crippen molar-refractivity contribution in [3.05, 3.63) is 24.8 Å². The van der Waals surface area contributed by atoms with Crippen LogP contribution >= 0.6 is 0 Å². The van der Waals surface area contributed by atoms with E-state index in [0.29, 0.717) is 5.92 Å². The molecule has 0 amide bonds. The topological polar surface area (TPSA) is 0 Å². The zero-order chi connectivity index (χ0) is 11.6. The van der Waals surface area contributed by atoms with Gasteiger partial charge in [-0.1, -0.05) is 39.0 Å². The van der Waals surface area contributed by atoms with Gasteiger partial charge in [0.2, 0.25) is 0 Å². The van der Waals surface area contributed by atoms with Crippen LogP contribution in [0.15, 0.2) is 24.8 Å². The summed E-state index contributed by atoms with van der Waals surface area (Å²) in [6.45, 7) is 17.4. The van der Waals surface area contributed by atoms with Crippen LogP contribution in [-0.2, 0) is 0 Å². The molecule has 0 unspecified atom stereocenters. The van der Waals surface area contributed by atoms with Gasteiger partial charge in [0, 0.05) is 0 Å². The summed E-state index contributed by atoms with van der Waals surface area (Å²) in [6.07, 6.45) is 6.08. The van der Waals surface area contributed by atoms with Gasteiger partial charge in [-0.3, -0.25) is 0 Å². The maximum atomic E-state index is 4.17. The van der Waals surface area contributed by atoms with E-state index >= 15 is 0 Å². The second-order valence-corrected chi connectivity index (χ2v) is 5.89. The van der Waals surface area contributed by atoms with Crippen molar-refractivity contribution in [2.45, 2.75) is 47.0 Å². The van der Waals surface area contributed by atoms with Crippen molar-refractivity contribution in [2.75, 3.05) is 0 Å². The van der Waals surface area contributed by atoms with Gasteiger partial charge in [0.05, 0.1) is 0 Å². The molecule has 0 saturated heterocycles. The molecule has 0 aliphatic heterocycles. The summed E-state index contributed by atoms with van der Waals surface area (Å²) in [5.41, 5.74) is 1.62. The minimum absolute atomic E-state index is 0.289. The molecule has 0 N–H and O–H groups in total. The van der Waals surface area contributed by atoms with Crippen LogP contribution in [0.4, 0.5) is 0 Å². The monoisotopic (exact) mass is 206 g/mol. The van der Waals surface area contributed by atoms with Crippen LogP contribution in [0.5, 0.6) is 0 Å². The molecule has 3 atom stereocenters. The Morgan fingerprint density at radius 2 is 2.07 bits per heavy atom. The summed E-state index contributed by atoms with van der Waals surface area (Å²) < 4.78 is 0.